The van der Waals surface area contributed by atoms with Gasteiger partial charge in [0.1, 0.15) is 5.75 Å². The molecule has 0 unspecified atom stereocenters. The van der Waals surface area contributed by atoms with Gasteiger partial charge in [-0.1, -0.05) is 6.07 Å². The van der Waals surface area contributed by atoms with E-state index < -0.39 is 0 Å². The number of ketones is 1. The summed E-state index contributed by atoms with van der Waals surface area (Å²) in [5.74, 6) is 0.643. The lowest BCUT2D eigenvalue weighted by atomic mass is 10.0. The molecule has 0 N–H and O–H groups in total. The second-order valence-electron chi connectivity index (χ2n) is 4.32. The zero-order valence-electron chi connectivity index (χ0n) is 10.8. The summed E-state index contributed by atoms with van der Waals surface area (Å²) in [5, 5.41) is 0. The molecule has 0 fully saturated rings. The van der Waals surface area contributed by atoms with Crippen LogP contribution in [0.15, 0.2) is 41.1 Å². The Hall–Kier alpha value is -1.68. The van der Waals surface area contributed by atoms with Crippen molar-refractivity contribution in [2.45, 2.75) is 13.3 Å². The van der Waals surface area contributed by atoms with Crippen molar-refractivity contribution in [3.8, 4) is 5.75 Å². The summed E-state index contributed by atoms with van der Waals surface area (Å²) >= 11 is 3.35. The van der Waals surface area contributed by atoms with E-state index in [9.17, 15) is 4.79 Å². The van der Waals surface area contributed by atoms with Crippen molar-refractivity contribution in [1.82, 2.24) is 4.98 Å². The predicted octanol–water partition coefficient (Wildman–Crippen LogP) is 3.59. The molecule has 1 heterocycles. The number of Topliss-reactive ketones (excluding diaryl/α,β-unsaturated/α-hetero) is 1. The van der Waals surface area contributed by atoms with Gasteiger partial charge in [0, 0.05) is 23.3 Å². The lowest BCUT2D eigenvalue weighted by Crippen LogP contribution is -2.06. The van der Waals surface area contributed by atoms with E-state index in [4.69, 9.17) is 4.74 Å². The lowest BCUT2D eigenvalue weighted by molar-refractivity contribution is 0.0990. The van der Waals surface area contributed by atoms with Crippen LogP contribution in [0.5, 0.6) is 5.75 Å². The van der Waals surface area contributed by atoms with Crippen molar-refractivity contribution in [3.63, 3.8) is 0 Å². The number of rotatable bonds is 4. The molecule has 0 aliphatic rings. The number of aryl methyl sites for hydroxylation is 1. The number of halogens is 1. The highest BCUT2D eigenvalue weighted by Crippen LogP contribution is 2.22. The van der Waals surface area contributed by atoms with Gasteiger partial charge in [-0.2, -0.15) is 0 Å². The SMILES string of the molecule is COc1cc(C)ccc1C(=O)Cc1cncc(Br)c1. The van der Waals surface area contributed by atoms with Crippen LogP contribution in [-0.2, 0) is 6.42 Å². The van der Waals surface area contributed by atoms with Gasteiger partial charge in [-0.15, -0.1) is 0 Å². The molecule has 2 rings (SSSR count). The summed E-state index contributed by atoms with van der Waals surface area (Å²) in [6.07, 6.45) is 3.70. The van der Waals surface area contributed by atoms with E-state index >= 15 is 0 Å². The number of carbonyl (C=O) groups is 1. The number of hydrogen-bond acceptors (Lipinski definition) is 3. The molecule has 0 aliphatic carbocycles. The Morgan fingerprint density at radius 1 is 1.32 bits per heavy atom. The third kappa shape index (κ3) is 3.41. The fourth-order valence-electron chi connectivity index (χ4n) is 1.86. The molecule has 0 spiro atoms. The van der Waals surface area contributed by atoms with Crippen LogP contribution in [0, 0.1) is 6.92 Å². The molecule has 0 aliphatic heterocycles. The van der Waals surface area contributed by atoms with Crippen molar-refractivity contribution >= 4 is 21.7 Å². The predicted molar refractivity (Wildman–Crippen MR) is 77.7 cm³/mol. The van der Waals surface area contributed by atoms with E-state index in [1.165, 1.54) is 0 Å². The van der Waals surface area contributed by atoms with Gasteiger partial charge < -0.3 is 4.74 Å². The number of benzene rings is 1. The van der Waals surface area contributed by atoms with E-state index in [1.807, 2.05) is 31.2 Å². The largest absolute Gasteiger partial charge is 0.496 e. The summed E-state index contributed by atoms with van der Waals surface area (Å²) in [6, 6.07) is 7.48. The minimum absolute atomic E-state index is 0.0248. The molecule has 1 aromatic carbocycles. The second-order valence-corrected chi connectivity index (χ2v) is 5.23. The second kappa shape index (κ2) is 5.97. The Balaban J connectivity index is 2.25. The first-order valence-corrected chi connectivity index (χ1v) is 6.66. The molecule has 3 nitrogen and oxygen atoms in total. The summed E-state index contributed by atoms with van der Waals surface area (Å²) < 4.78 is 6.13. The Morgan fingerprint density at radius 3 is 2.79 bits per heavy atom. The van der Waals surface area contributed by atoms with Gasteiger partial charge in [0.05, 0.1) is 12.7 Å². The Morgan fingerprint density at radius 2 is 2.11 bits per heavy atom. The monoisotopic (exact) mass is 319 g/mol. The molecule has 0 radical (unpaired) electrons. The minimum atomic E-state index is 0.0248. The molecule has 98 valence electrons. The molecule has 0 atom stereocenters. The fourth-order valence-corrected chi connectivity index (χ4v) is 2.27. The summed E-state index contributed by atoms with van der Waals surface area (Å²) in [6.45, 7) is 1.97. The van der Waals surface area contributed by atoms with Gasteiger partial charge in [0.2, 0.25) is 0 Å². The van der Waals surface area contributed by atoms with Gasteiger partial charge in [-0.25, -0.2) is 0 Å². The van der Waals surface area contributed by atoms with Gasteiger partial charge in [0.15, 0.2) is 5.78 Å². The van der Waals surface area contributed by atoms with E-state index in [0.29, 0.717) is 17.7 Å². The van der Waals surface area contributed by atoms with Gasteiger partial charge in [-0.05, 0) is 52.2 Å². The number of hydrogen-bond donors (Lipinski definition) is 0. The standard InChI is InChI=1S/C15H14BrNO2/c1-10-3-4-13(15(5-10)19-2)14(18)7-11-6-12(16)9-17-8-11/h3-6,8-9H,7H2,1-2H3. The van der Waals surface area contributed by atoms with Crippen LogP contribution in [0.25, 0.3) is 0 Å². The number of methoxy groups -OCH3 is 1. The quantitative estimate of drug-likeness (QED) is 0.808. The summed E-state index contributed by atoms with van der Waals surface area (Å²) in [7, 11) is 1.58. The molecular formula is C15H14BrNO2. The molecule has 1 aromatic heterocycles. The third-order valence-corrected chi connectivity index (χ3v) is 3.22. The average Bonchev–Trinajstić information content (AvgIpc) is 2.38. The molecular weight excluding hydrogens is 306 g/mol. The van der Waals surface area contributed by atoms with Gasteiger partial charge in [-0.3, -0.25) is 9.78 Å². The number of ether oxygens (including phenoxy) is 1. The topological polar surface area (TPSA) is 39.2 Å². The molecule has 4 heteroatoms. The number of pyridine rings is 1. The molecule has 0 amide bonds. The molecule has 0 saturated carbocycles. The van der Waals surface area contributed by atoms with Crippen LogP contribution in [0.1, 0.15) is 21.5 Å². The zero-order valence-corrected chi connectivity index (χ0v) is 12.4. The number of aromatic nitrogens is 1. The van der Waals surface area contributed by atoms with E-state index in [0.717, 1.165) is 15.6 Å². The number of carbonyl (C=O) groups excluding carboxylic acids is 1. The highest BCUT2D eigenvalue weighted by molar-refractivity contribution is 9.10. The summed E-state index contributed by atoms with van der Waals surface area (Å²) in [5.41, 5.74) is 2.55. The van der Waals surface area contributed by atoms with Crippen molar-refractivity contribution in [2.75, 3.05) is 7.11 Å². The van der Waals surface area contributed by atoms with Crippen LogP contribution < -0.4 is 4.74 Å². The van der Waals surface area contributed by atoms with Gasteiger partial charge in [0.25, 0.3) is 0 Å². The minimum Gasteiger partial charge on any atom is -0.496 e. The third-order valence-electron chi connectivity index (χ3n) is 2.78. The first kappa shape index (κ1) is 13.7. The van der Waals surface area contributed by atoms with Crippen LogP contribution in [-0.4, -0.2) is 17.9 Å². The van der Waals surface area contributed by atoms with Crippen LogP contribution >= 0.6 is 15.9 Å². The highest BCUT2D eigenvalue weighted by atomic mass is 79.9. The maximum Gasteiger partial charge on any atom is 0.171 e. The van der Waals surface area contributed by atoms with Crippen LogP contribution in [0.4, 0.5) is 0 Å². The van der Waals surface area contributed by atoms with Crippen molar-refractivity contribution in [3.05, 3.63) is 57.8 Å². The first-order chi connectivity index (χ1) is 9.10. The number of nitrogens with zero attached hydrogens (tertiary/aromatic N) is 1. The van der Waals surface area contributed by atoms with Gasteiger partial charge >= 0.3 is 0 Å². The molecule has 0 saturated heterocycles. The molecule has 2 aromatic rings. The van der Waals surface area contributed by atoms with E-state index in [2.05, 4.69) is 20.9 Å². The Labute approximate surface area is 120 Å². The smallest absolute Gasteiger partial charge is 0.171 e. The maximum absolute atomic E-state index is 12.3. The van der Waals surface area contributed by atoms with Crippen LogP contribution in [0.3, 0.4) is 0 Å². The molecule has 0 bridgehead atoms. The maximum atomic E-state index is 12.3. The van der Waals surface area contributed by atoms with Crippen molar-refractivity contribution < 1.29 is 9.53 Å². The van der Waals surface area contributed by atoms with Crippen molar-refractivity contribution in [2.24, 2.45) is 0 Å². The molecule has 19 heavy (non-hydrogen) atoms. The zero-order chi connectivity index (χ0) is 13.8. The summed E-state index contributed by atoms with van der Waals surface area (Å²) in [4.78, 5) is 16.4. The normalized spacial score (nSPS) is 10.3. The van der Waals surface area contributed by atoms with E-state index in [1.54, 1.807) is 19.5 Å². The Kier molecular flexibility index (Phi) is 4.32. The fraction of sp³-hybridized carbons (Fsp3) is 0.200. The van der Waals surface area contributed by atoms with Crippen molar-refractivity contribution in [1.29, 1.82) is 0 Å². The lowest BCUT2D eigenvalue weighted by Gasteiger charge is -2.08. The Bertz CT molecular complexity index is 611. The van der Waals surface area contributed by atoms with E-state index in [-0.39, 0.29) is 5.78 Å². The highest BCUT2D eigenvalue weighted by Gasteiger charge is 2.13. The first-order valence-electron chi connectivity index (χ1n) is 5.87. The average molecular weight is 320 g/mol. The van der Waals surface area contributed by atoms with Crippen LogP contribution in [0.2, 0.25) is 0 Å².